The average molecular weight is 479 g/mol. The van der Waals surface area contributed by atoms with Crippen molar-refractivity contribution in [1.29, 1.82) is 0 Å². The third-order valence-corrected chi connectivity index (χ3v) is 7.64. The molecular formula is C18H21Cl2N2O5PS. The molecule has 1 aliphatic rings. The summed E-state index contributed by atoms with van der Waals surface area (Å²) in [6.45, 7) is 0.460. The predicted molar refractivity (Wildman–Crippen MR) is 113 cm³/mol. The van der Waals surface area contributed by atoms with E-state index in [0.717, 1.165) is 29.7 Å². The summed E-state index contributed by atoms with van der Waals surface area (Å²) in [5, 5.41) is 1.15. The van der Waals surface area contributed by atoms with Crippen LogP contribution in [0.3, 0.4) is 0 Å². The van der Waals surface area contributed by atoms with Crippen molar-refractivity contribution in [3.8, 4) is 0 Å². The lowest BCUT2D eigenvalue weighted by atomic mass is 9.88. The van der Waals surface area contributed by atoms with Crippen LogP contribution in [0.4, 0.5) is 0 Å². The third kappa shape index (κ3) is 5.40. The van der Waals surface area contributed by atoms with E-state index < -0.39 is 23.8 Å². The number of hydrogen-bond donors (Lipinski definition) is 3. The first-order valence-electron chi connectivity index (χ1n) is 8.80. The zero-order valence-electron chi connectivity index (χ0n) is 15.5. The lowest BCUT2D eigenvalue weighted by Gasteiger charge is -2.35. The number of halogens is 2. The normalized spacial score (nSPS) is 17.9. The largest absolute Gasteiger partial charge is 0.326 e. The summed E-state index contributed by atoms with van der Waals surface area (Å²) in [5.74, 6) is 0. The van der Waals surface area contributed by atoms with Gasteiger partial charge in [0.1, 0.15) is 0 Å². The maximum Gasteiger partial charge on any atom is 0.326 e. The number of nitrogens with zero attached hydrogens (tertiary/aromatic N) is 1. The molecule has 0 spiro atoms. The number of likely N-dealkylation sites (N-methyl/N-ethyl adjacent to an activating group) is 1. The van der Waals surface area contributed by atoms with E-state index in [4.69, 9.17) is 33.0 Å². The maximum atomic E-state index is 12.3. The Morgan fingerprint density at radius 2 is 1.86 bits per heavy atom. The third-order valence-electron chi connectivity index (χ3n) is 4.83. The minimum absolute atomic E-state index is 0.0212. The number of fused-ring (bicyclic) bond motifs is 1. The van der Waals surface area contributed by atoms with Gasteiger partial charge in [-0.05, 0) is 54.4 Å². The van der Waals surface area contributed by atoms with Gasteiger partial charge in [-0.1, -0.05) is 35.3 Å². The van der Waals surface area contributed by atoms with Crippen molar-refractivity contribution in [2.45, 2.75) is 17.4 Å². The summed E-state index contributed by atoms with van der Waals surface area (Å²) in [6, 6.07) is 9.87. The molecule has 158 valence electrons. The highest BCUT2D eigenvalue weighted by Crippen LogP contribution is 2.40. The Labute approximate surface area is 179 Å². The summed E-state index contributed by atoms with van der Waals surface area (Å²) in [5.41, 5.74) is 2.91. The van der Waals surface area contributed by atoms with Crippen molar-refractivity contribution >= 4 is 40.8 Å². The van der Waals surface area contributed by atoms with E-state index in [1.807, 2.05) is 13.1 Å². The Morgan fingerprint density at radius 1 is 1.21 bits per heavy atom. The van der Waals surface area contributed by atoms with Crippen LogP contribution in [0.5, 0.6) is 0 Å². The highest BCUT2D eigenvalue weighted by molar-refractivity contribution is 7.89. The first-order valence-corrected chi connectivity index (χ1v) is 12.8. The van der Waals surface area contributed by atoms with Crippen molar-refractivity contribution in [2.75, 3.05) is 26.3 Å². The Kier molecular flexibility index (Phi) is 6.78. The highest BCUT2D eigenvalue weighted by Gasteiger charge is 2.29. The molecule has 0 amide bonds. The van der Waals surface area contributed by atoms with Gasteiger partial charge < -0.3 is 9.79 Å². The van der Waals surface area contributed by atoms with Gasteiger partial charge in [0.15, 0.2) is 0 Å². The SMILES string of the molecule is CN1CCc2cc(Cl)cc(Cl)c2C1c1ccc(S(=O)(=O)NCCP(=O)(O)O)cc1. The molecule has 1 heterocycles. The summed E-state index contributed by atoms with van der Waals surface area (Å²) in [4.78, 5) is 19.9. The van der Waals surface area contributed by atoms with Gasteiger partial charge in [-0.25, -0.2) is 13.1 Å². The molecule has 1 atom stereocenters. The molecule has 3 N–H and O–H groups in total. The van der Waals surface area contributed by atoms with Crippen LogP contribution < -0.4 is 4.72 Å². The lowest BCUT2D eigenvalue weighted by Crippen LogP contribution is -2.33. The Hall–Kier alpha value is -0.960. The molecule has 3 rings (SSSR count). The maximum absolute atomic E-state index is 12.3. The van der Waals surface area contributed by atoms with Crippen LogP contribution in [0.15, 0.2) is 41.3 Å². The summed E-state index contributed by atoms with van der Waals surface area (Å²) >= 11 is 12.6. The first-order chi connectivity index (χ1) is 13.5. The van der Waals surface area contributed by atoms with E-state index in [1.54, 1.807) is 18.2 Å². The number of sulfonamides is 1. The molecule has 0 fully saturated rings. The van der Waals surface area contributed by atoms with Crippen molar-refractivity contribution in [2.24, 2.45) is 0 Å². The monoisotopic (exact) mass is 478 g/mol. The summed E-state index contributed by atoms with van der Waals surface area (Å²) in [7, 11) is -6.16. The molecule has 2 aromatic carbocycles. The topological polar surface area (TPSA) is 107 Å². The van der Waals surface area contributed by atoms with Crippen molar-refractivity contribution in [1.82, 2.24) is 9.62 Å². The van der Waals surface area contributed by atoms with Crippen LogP contribution in [-0.4, -0.2) is 49.4 Å². The van der Waals surface area contributed by atoms with Crippen LogP contribution in [-0.2, 0) is 21.0 Å². The molecule has 7 nitrogen and oxygen atoms in total. The fourth-order valence-corrected chi connectivity index (χ4v) is 5.68. The molecule has 0 radical (unpaired) electrons. The number of nitrogens with one attached hydrogen (secondary N) is 1. The predicted octanol–water partition coefficient (Wildman–Crippen LogP) is 3.03. The number of hydrogen-bond acceptors (Lipinski definition) is 4. The fourth-order valence-electron chi connectivity index (χ4n) is 3.46. The van der Waals surface area contributed by atoms with E-state index in [9.17, 15) is 13.0 Å². The molecule has 11 heteroatoms. The van der Waals surface area contributed by atoms with E-state index in [2.05, 4.69) is 9.62 Å². The minimum atomic E-state index is -4.27. The van der Waals surface area contributed by atoms with Gasteiger partial charge in [-0.3, -0.25) is 9.46 Å². The fraction of sp³-hybridized carbons (Fsp3) is 0.333. The summed E-state index contributed by atoms with van der Waals surface area (Å²) < 4.78 is 37.8. The van der Waals surface area contributed by atoms with Crippen LogP contribution in [0.25, 0.3) is 0 Å². The molecule has 1 unspecified atom stereocenters. The second-order valence-corrected chi connectivity index (χ2v) is 11.3. The van der Waals surface area contributed by atoms with Crippen LogP contribution >= 0.6 is 30.8 Å². The molecule has 2 aromatic rings. The minimum Gasteiger partial charge on any atom is -0.324 e. The summed E-state index contributed by atoms with van der Waals surface area (Å²) in [6.07, 6.45) is 0.258. The standard InChI is InChI=1S/C18H21Cl2N2O5PS/c1-22-8-6-13-10-14(19)11-16(20)17(13)18(22)12-2-4-15(5-3-12)29(26,27)21-7-9-28(23,24)25/h2-5,10-11,18,21H,6-9H2,1H3,(H2,23,24,25). The molecule has 1 aliphatic heterocycles. The quantitative estimate of drug-likeness (QED) is 0.550. The van der Waals surface area contributed by atoms with E-state index in [-0.39, 0.29) is 17.5 Å². The first kappa shape index (κ1) is 22.7. The average Bonchev–Trinajstić information content (AvgIpc) is 2.61. The van der Waals surface area contributed by atoms with Gasteiger partial charge in [-0.2, -0.15) is 0 Å². The number of benzene rings is 2. The Balaban J connectivity index is 1.87. The van der Waals surface area contributed by atoms with Crippen molar-refractivity contribution < 1.29 is 22.8 Å². The molecule has 0 bridgehead atoms. The molecule has 0 saturated heterocycles. The smallest absolute Gasteiger partial charge is 0.324 e. The van der Waals surface area contributed by atoms with Gasteiger partial charge in [0.25, 0.3) is 0 Å². The van der Waals surface area contributed by atoms with Crippen LogP contribution in [0.1, 0.15) is 22.7 Å². The molecule has 29 heavy (non-hydrogen) atoms. The molecule has 0 aromatic heterocycles. The van der Waals surface area contributed by atoms with Gasteiger partial charge in [0.05, 0.1) is 17.1 Å². The second-order valence-electron chi connectivity index (χ2n) is 6.95. The zero-order chi connectivity index (χ0) is 21.4. The molecule has 0 aliphatic carbocycles. The highest BCUT2D eigenvalue weighted by atomic mass is 35.5. The van der Waals surface area contributed by atoms with E-state index in [1.165, 1.54) is 12.1 Å². The van der Waals surface area contributed by atoms with E-state index in [0.29, 0.717) is 10.0 Å². The molecular weight excluding hydrogens is 458 g/mol. The Morgan fingerprint density at radius 3 is 2.48 bits per heavy atom. The van der Waals surface area contributed by atoms with Gasteiger partial charge in [0.2, 0.25) is 10.0 Å². The van der Waals surface area contributed by atoms with Gasteiger partial charge >= 0.3 is 7.60 Å². The molecule has 0 saturated carbocycles. The second kappa shape index (κ2) is 8.65. The zero-order valence-corrected chi connectivity index (χ0v) is 18.8. The van der Waals surface area contributed by atoms with Crippen LogP contribution in [0.2, 0.25) is 10.0 Å². The van der Waals surface area contributed by atoms with Gasteiger partial charge in [0, 0.05) is 23.1 Å². The Bertz CT molecular complexity index is 1060. The van der Waals surface area contributed by atoms with Gasteiger partial charge in [-0.15, -0.1) is 0 Å². The lowest BCUT2D eigenvalue weighted by molar-refractivity contribution is 0.265. The van der Waals surface area contributed by atoms with E-state index >= 15 is 0 Å². The van der Waals surface area contributed by atoms with Crippen LogP contribution in [0, 0.1) is 0 Å². The van der Waals surface area contributed by atoms with Crippen molar-refractivity contribution in [3.63, 3.8) is 0 Å². The number of rotatable bonds is 6. The van der Waals surface area contributed by atoms with Crippen molar-refractivity contribution in [3.05, 3.63) is 63.1 Å².